The number of benzene rings is 2. The third-order valence-corrected chi connectivity index (χ3v) is 7.27. The summed E-state index contributed by atoms with van der Waals surface area (Å²) in [5.41, 5.74) is 4.70. The van der Waals surface area contributed by atoms with E-state index in [9.17, 15) is 19.5 Å². The summed E-state index contributed by atoms with van der Waals surface area (Å²) >= 11 is 1.45. The smallest absolute Gasteiger partial charge is 0.407 e. The molecule has 7 nitrogen and oxygen atoms in total. The molecule has 4 rings (SSSR count). The first-order chi connectivity index (χ1) is 16.0. The van der Waals surface area contributed by atoms with Gasteiger partial charge in [-0.2, -0.15) is 0 Å². The van der Waals surface area contributed by atoms with Gasteiger partial charge in [0.2, 0.25) is 5.91 Å². The second-order valence-corrected chi connectivity index (χ2v) is 9.57. The monoisotopic (exact) mass is 468 g/mol. The SMILES string of the molecule is CC(CCNC(=O)OCC1c2ccccc2-c2ccccc21)CC(=O)N1CSCC1C(=O)O. The zero-order valence-corrected chi connectivity index (χ0v) is 19.3. The van der Waals surface area contributed by atoms with Crippen LogP contribution in [-0.2, 0) is 14.3 Å². The number of thioether (sulfide) groups is 1. The second kappa shape index (κ2) is 10.3. The molecular weight excluding hydrogens is 440 g/mol. The van der Waals surface area contributed by atoms with Crippen LogP contribution in [0, 0.1) is 5.92 Å². The molecule has 2 atom stereocenters. The first-order valence-electron chi connectivity index (χ1n) is 11.1. The minimum absolute atomic E-state index is 0.0141. The number of nitrogens with zero attached hydrogens (tertiary/aromatic N) is 1. The van der Waals surface area contributed by atoms with Crippen molar-refractivity contribution in [1.82, 2.24) is 10.2 Å². The van der Waals surface area contributed by atoms with Gasteiger partial charge in [0, 0.05) is 24.6 Å². The minimum Gasteiger partial charge on any atom is -0.480 e. The number of carbonyl (C=O) groups is 3. The molecule has 174 valence electrons. The van der Waals surface area contributed by atoms with Crippen LogP contribution in [0.15, 0.2) is 48.5 Å². The van der Waals surface area contributed by atoms with Crippen LogP contribution in [0.25, 0.3) is 11.1 Å². The number of hydrogen-bond donors (Lipinski definition) is 2. The molecule has 1 aliphatic carbocycles. The maximum Gasteiger partial charge on any atom is 0.407 e. The van der Waals surface area contributed by atoms with Gasteiger partial charge in [0.15, 0.2) is 0 Å². The molecule has 0 bridgehead atoms. The van der Waals surface area contributed by atoms with E-state index < -0.39 is 18.1 Å². The van der Waals surface area contributed by atoms with Crippen LogP contribution in [0.5, 0.6) is 0 Å². The van der Waals surface area contributed by atoms with E-state index in [1.807, 2.05) is 31.2 Å². The highest BCUT2D eigenvalue weighted by Gasteiger charge is 2.34. The number of hydrogen-bond acceptors (Lipinski definition) is 5. The standard InChI is InChI=1S/C25H28N2O5S/c1-16(12-23(28)27-15-33-14-22(27)24(29)30)10-11-26-25(31)32-13-21-19-8-4-2-6-17(19)18-7-3-5-9-20(18)21/h2-9,16,21-22H,10-15H2,1H3,(H,26,31)(H,29,30). The van der Waals surface area contributed by atoms with Crippen LogP contribution >= 0.6 is 11.8 Å². The number of carboxylic acid groups (broad SMARTS) is 1. The molecule has 2 N–H and O–H groups in total. The van der Waals surface area contributed by atoms with Crippen LogP contribution in [0.1, 0.15) is 36.8 Å². The van der Waals surface area contributed by atoms with Crippen molar-refractivity contribution in [3.63, 3.8) is 0 Å². The van der Waals surface area contributed by atoms with Gasteiger partial charge < -0.3 is 20.1 Å². The summed E-state index contributed by atoms with van der Waals surface area (Å²) in [6.07, 6.45) is 0.392. The van der Waals surface area contributed by atoms with E-state index in [0.29, 0.717) is 24.6 Å². The molecule has 2 amide bonds. The molecule has 1 aliphatic heterocycles. The Labute approximate surface area is 197 Å². The van der Waals surface area contributed by atoms with Crippen molar-refractivity contribution in [3.05, 3.63) is 59.7 Å². The topological polar surface area (TPSA) is 95.9 Å². The van der Waals surface area contributed by atoms with Gasteiger partial charge in [-0.1, -0.05) is 55.5 Å². The van der Waals surface area contributed by atoms with E-state index in [4.69, 9.17) is 4.74 Å². The molecule has 8 heteroatoms. The van der Waals surface area contributed by atoms with E-state index in [0.717, 1.165) is 0 Å². The first kappa shape index (κ1) is 23.2. The molecule has 33 heavy (non-hydrogen) atoms. The molecule has 2 aromatic carbocycles. The van der Waals surface area contributed by atoms with Crippen LogP contribution in [-0.4, -0.2) is 58.8 Å². The Bertz CT molecular complexity index is 997. The average molecular weight is 469 g/mol. The number of carbonyl (C=O) groups excluding carboxylic acids is 2. The van der Waals surface area contributed by atoms with Crippen molar-refractivity contribution in [1.29, 1.82) is 0 Å². The lowest BCUT2D eigenvalue weighted by Crippen LogP contribution is -2.42. The molecule has 0 saturated carbocycles. The van der Waals surface area contributed by atoms with Crippen LogP contribution in [0.2, 0.25) is 0 Å². The van der Waals surface area contributed by atoms with Crippen LogP contribution in [0.3, 0.4) is 0 Å². The summed E-state index contributed by atoms with van der Waals surface area (Å²) in [7, 11) is 0. The summed E-state index contributed by atoms with van der Waals surface area (Å²) < 4.78 is 5.53. The van der Waals surface area contributed by atoms with Crippen molar-refractivity contribution in [3.8, 4) is 11.1 Å². The fraction of sp³-hybridized carbons (Fsp3) is 0.400. The Balaban J connectivity index is 1.22. The van der Waals surface area contributed by atoms with Gasteiger partial charge in [-0.05, 0) is 34.6 Å². The highest BCUT2D eigenvalue weighted by Crippen LogP contribution is 2.44. The maximum absolute atomic E-state index is 12.5. The molecule has 1 saturated heterocycles. The normalized spacial score (nSPS) is 17.8. The first-order valence-corrected chi connectivity index (χ1v) is 12.3. The minimum atomic E-state index is -0.960. The van der Waals surface area contributed by atoms with Crippen LogP contribution in [0.4, 0.5) is 4.79 Å². The van der Waals surface area contributed by atoms with E-state index in [1.165, 1.54) is 38.9 Å². The molecule has 0 aromatic heterocycles. The van der Waals surface area contributed by atoms with E-state index in [2.05, 4.69) is 29.6 Å². The average Bonchev–Trinajstić information content (AvgIpc) is 3.41. The summed E-state index contributed by atoms with van der Waals surface area (Å²) in [6.45, 7) is 2.58. The molecule has 2 aromatic rings. The lowest BCUT2D eigenvalue weighted by Gasteiger charge is -2.22. The predicted octanol–water partition coefficient (Wildman–Crippen LogP) is 3.93. The summed E-state index contributed by atoms with van der Waals surface area (Å²) in [4.78, 5) is 37.4. The zero-order chi connectivity index (χ0) is 23.4. The van der Waals surface area contributed by atoms with Gasteiger partial charge in [0.1, 0.15) is 12.6 Å². The lowest BCUT2D eigenvalue weighted by molar-refractivity contribution is -0.148. The number of rotatable bonds is 8. The Morgan fingerprint density at radius 2 is 1.76 bits per heavy atom. The number of ether oxygens (including phenoxy) is 1. The molecule has 2 unspecified atom stereocenters. The zero-order valence-electron chi connectivity index (χ0n) is 18.5. The number of alkyl carbamates (subject to hydrolysis) is 1. The van der Waals surface area contributed by atoms with Gasteiger partial charge in [0.25, 0.3) is 0 Å². The van der Waals surface area contributed by atoms with Crippen molar-refractivity contribution in [2.45, 2.75) is 31.7 Å². The summed E-state index contributed by atoms with van der Waals surface area (Å²) in [5.74, 6) is -0.232. The number of nitrogens with one attached hydrogen (secondary N) is 1. The van der Waals surface area contributed by atoms with Gasteiger partial charge in [-0.15, -0.1) is 11.8 Å². The quantitative estimate of drug-likeness (QED) is 0.610. The Morgan fingerprint density at radius 3 is 2.39 bits per heavy atom. The third kappa shape index (κ3) is 5.16. The van der Waals surface area contributed by atoms with Gasteiger partial charge in [-0.25, -0.2) is 9.59 Å². The van der Waals surface area contributed by atoms with Crippen molar-refractivity contribution in [2.24, 2.45) is 5.92 Å². The Kier molecular flexibility index (Phi) is 7.23. The van der Waals surface area contributed by atoms with E-state index >= 15 is 0 Å². The molecule has 0 radical (unpaired) electrons. The van der Waals surface area contributed by atoms with Crippen LogP contribution < -0.4 is 5.32 Å². The molecule has 1 fully saturated rings. The number of aliphatic carboxylic acids is 1. The fourth-order valence-corrected chi connectivity index (χ4v) is 5.65. The fourth-order valence-electron chi connectivity index (χ4n) is 4.48. The Hall–Kier alpha value is -3.00. The molecule has 1 heterocycles. The predicted molar refractivity (Wildman–Crippen MR) is 127 cm³/mol. The van der Waals surface area contributed by atoms with Gasteiger partial charge >= 0.3 is 12.1 Å². The Morgan fingerprint density at radius 1 is 1.12 bits per heavy atom. The highest BCUT2D eigenvalue weighted by molar-refractivity contribution is 7.99. The molecular formula is C25H28N2O5S. The number of carboxylic acids is 1. The molecule has 0 spiro atoms. The number of amides is 2. The van der Waals surface area contributed by atoms with Crippen molar-refractivity contribution < 1.29 is 24.2 Å². The van der Waals surface area contributed by atoms with E-state index in [1.54, 1.807) is 0 Å². The number of fused-ring (bicyclic) bond motifs is 3. The maximum atomic E-state index is 12.5. The van der Waals surface area contributed by atoms with Gasteiger partial charge in [-0.3, -0.25) is 4.79 Å². The summed E-state index contributed by atoms with van der Waals surface area (Å²) in [5, 5.41) is 12.0. The lowest BCUT2D eigenvalue weighted by atomic mass is 9.98. The highest BCUT2D eigenvalue weighted by atomic mass is 32.2. The van der Waals surface area contributed by atoms with Gasteiger partial charge in [0.05, 0.1) is 5.88 Å². The van der Waals surface area contributed by atoms with Crippen molar-refractivity contribution in [2.75, 3.05) is 24.8 Å². The third-order valence-electron chi connectivity index (χ3n) is 6.26. The van der Waals surface area contributed by atoms with Crippen molar-refractivity contribution >= 4 is 29.7 Å². The van der Waals surface area contributed by atoms with E-state index in [-0.39, 0.29) is 30.8 Å². The second-order valence-electron chi connectivity index (χ2n) is 8.57. The largest absolute Gasteiger partial charge is 0.480 e. The summed E-state index contributed by atoms with van der Waals surface area (Å²) in [6, 6.07) is 15.6. The molecule has 2 aliphatic rings.